The quantitative estimate of drug-likeness (QED) is 0.613. The van der Waals surface area contributed by atoms with Crippen molar-refractivity contribution in [1.82, 2.24) is 20.0 Å². The summed E-state index contributed by atoms with van der Waals surface area (Å²) in [5.74, 6) is 0.223. The molecular formula is C27H34FN5O4S. The number of carbonyl (C=O) groups excluding carboxylic acids is 1. The molecule has 2 heterocycles. The average molecular weight is 544 g/mol. The number of nitrogens with zero attached hydrogens (tertiary/aromatic N) is 5. The Morgan fingerprint density at radius 3 is 2.47 bits per heavy atom. The molecule has 5 fully saturated rings. The van der Waals surface area contributed by atoms with Crippen LogP contribution in [-0.2, 0) is 9.84 Å². The number of amides is 1. The molecule has 1 aromatic carbocycles. The minimum absolute atomic E-state index is 0.0194. The molecule has 5 aliphatic rings. The van der Waals surface area contributed by atoms with Gasteiger partial charge in [0.05, 0.1) is 22.2 Å². The topological polar surface area (TPSA) is 107 Å². The lowest BCUT2D eigenvalue weighted by atomic mass is 9.52. The van der Waals surface area contributed by atoms with Gasteiger partial charge in [-0.25, -0.2) is 27.8 Å². The summed E-state index contributed by atoms with van der Waals surface area (Å²) in [4.78, 5) is 24.1. The van der Waals surface area contributed by atoms with Crippen molar-refractivity contribution in [2.24, 2.45) is 17.8 Å². The van der Waals surface area contributed by atoms with Crippen LogP contribution in [0.4, 0.5) is 10.1 Å². The van der Waals surface area contributed by atoms with Gasteiger partial charge in [0, 0.05) is 38.1 Å². The van der Waals surface area contributed by atoms with Crippen molar-refractivity contribution >= 4 is 21.4 Å². The maximum Gasteiger partial charge on any atom is 0.287 e. The van der Waals surface area contributed by atoms with E-state index in [0.717, 1.165) is 31.6 Å². The van der Waals surface area contributed by atoms with Crippen molar-refractivity contribution in [3.63, 3.8) is 0 Å². The van der Waals surface area contributed by atoms with Crippen molar-refractivity contribution in [3.05, 3.63) is 48.3 Å². The molecule has 4 saturated carbocycles. The van der Waals surface area contributed by atoms with Crippen LogP contribution in [0.1, 0.15) is 49.5 Å². The summed E-state index contributed by atoms with van der Waals surface area (Å²) < 4.78 is 38.7. The summed E-state index contributed by atoms with van der Waals surface area (Å²) in [6.45, 7) is 3.46. The van der Waals surface area contributed by atoms with Gasteiger partial charge in [0.2, 0.25) is 0 Å². The summed E-state index contributed by atoms with van der Waals surface area (Å²) >= 11 is 0. The van der Waals surface area contributed by atoms with E-state index in [2.05, 4.69) is 15.0 Å². The van der Waals surface area contributed by atoms with Gasteiger partial charge >= 0.3 is 0 Å². The van der Waals surface area contributed by atoms with E-state index in [-0.39, 0.29) is 34.7 Å². The van der Waals surface area contributed by atoms with Gasteiger partial charge in [-0.15, -0.1) is 0 Å². The Morgan fingerprint density at radius 1 is 1.16 bits per heavy atom. The molecule has 2 aromatic rings. The van der Waals surface area contributed by atoms with E-state index in [1.54, 1.807) is 12.3 Å². The number of aliphatic hydroxyl groups is 1. The van der Waals surface area contributed by atoms with Gasteiger partial charge < -0.3 is 10.0 Å². The molecule has 7 rings (SSSR count). The Kier molecular flexibility index (Phi) is 6.23. The highest BCUT2D eigenvalue weighted by Gasteiger charge is 2.58. The molecule has 204 valence electrons. The molecule has 1 amide bonds. The van der Waals surface area contributed by atoms with Crippen molar-refractivity contribution in [3.8, 4) is 0 Å². The van der Waals surface area contributed by atoms with Gasteiger partial charge in [-0.2, -0.15) is 0 Å². The fourth-order valence-electron chi connectivity index (χ4n) is 7.77. The van der Waals surface area contributed by atoms with Crippen LogP contribution in [0.3, 0.4) is 0 Å². The molecule has 0 spiro atoms. The van der Waals surface area contributed by atoms with Crippen LogP contribution in [0.5, 0.6) is 0 Å². The number of hydrogen-bond donors (Lipinski definition) is 1. The van der Waals surface area contributed by atoms with E-state index in [1.165, 1.54) is 18.5 Å². The Bertz CT molecular complexity index is 1330. The molecule has 9 nitrogen and oxygen atoms in total. The van der Waals surface area contributed by atoms with Gasteiger partial charge in [-0.3, -0.25) is 9.80 Å². The van der Waals surface area contributed by atoms with Gasteiger partial charge in [-0.1, -0.05) is 0 Å². The number of rotatable bonds is 5. The number of anilines is 1. The van der Waals surface area contributed by atoms with Crippen LogP contribution in [-0.4, -0.2) is 83.0 Å². The predicted octanol–water partition coefficient (Wildman–Crippen LogP) is 2.53. The molecule has 2 unspecified atom stereocenters. The first-order chi connectivity index (χ1) is 18.0. The molecule has 1 saturated heterocycles. The van der Waals surface area contributed by atoms with E-state index >= 15 is 0 Å². The van der Waals surface area contributed by atoms with Gasteiger partial charge in [0.1, 0.15) is 17.8 Å². The Labute approximate surface area is 222 Å². The lowest BCUT2D eigenvalue weighted by Gasteiger charge is -2.62. The van der Waals surface area contributed by atoms with Gasteiger partial charge in [0.25, 0.3) is 5.91 Å². The van der Waals surface area contributed by atoms with E-state index < -0.39 is 21.3 Å². The highest BCUT2D eigenvalue weighted by atomic mass is 32.2. The molecular weight excluding hydrogens is 509 g/mol. The van der Waals surface area contributed by atoms with Crippen molar-refractivity contribution in [1.29, 1.82) is 0 Å². The highest BCUT2D eigenvalue weighted by Crippen LogP contribution is 2.57. The summed E-state index contributed by atoms with van der Waals surface area (Å²) in [6, 6.07) is 5.54. The predicted molar refractivity (Wildman–Crippen MR) is 138 cm³/mol. The first-order valence-corrected chi connectivity index (χ1v) is 15.2. The molecule has 4 aliphatic carbocycles. The molecule has 1 aromatic heterocycles. The normalized spacial score (nSPS) is 32.9. The fourth-order valence-corrected chi connectivity index (χ4v) is 8.41. The Morgan fingerprint density at radius 2 is 1.89 bits per heavy atom. The lowest BCUT2D eigenvalue weighted by molar-refractivity contribution is -0.189. The number of halogens is 1. The Hall–Kier alpha value is -2.63. The van der Waals surface area contributed by atoms with Crippen LogP contribution in [0.2, 0.25) is 0 Å². The SMILES string of the molecule is C[C@@H]1CN(c2ccc(S(C)(=O)=O)cc2F)CCN1N(C(=O)c1ccncn1)C1C2CC3CC1CC(O)(C3)C2. The number of hydrogen-bond acceptors (Lipinski definition) is 8. The number of carbonyl (C=O) groups is 1. The Balaban J connectivity index is 1.29. The average Bonchev–Trinajstić information content (AvgIpc) is 2.85. The van der Waals surface area contributed by atoms with Crippen LogP contribution in [0.25, 0.3) is 0 Å². The first-order valence-electron chi connectivity index (χ1n) is 13.4. The number of sulfone groups is 1. The number of aromatic nitrogens is 2. The highest BCUT2D eigenvalue weighted by molar-refractivity contribution is 7.90. The molecule has 4 bridgehead atoms. The zero-order chi connectivity index (χ0) is 26.8. The zero-order valence-electron chi connectivity index (χ0n) is 21.7. The van der Waals surface area contributed by atoms with Crippen LogP contribution in [0, 0.1) is 23.6 Å². The van der Waals surface area contributed by atoms with E-state index in [9.17, 15) is 22.7 Å². The third-order valence-electron chi connectivity index (χ3n) is 9.04. The second kappa shape index (κ2) is 9.24. The summed E-state index contributed by atoms with van der Waals surface area (Å²) in [6.07, 6.45) is 8.35. The third kappa shape index (κ3) is 4.48. The summed E-state index contributed by atoms with van der Waals surface area (Å²) in [5.41, 5.74) is 0.0790. The zero-order valence-corrected chi connectivity index (χ0v) is 22.5. The van der Waals surface area contributed by atoms with Crippen molar-refractivity contribution < 1.29 is 22.7 Å². The fraction of sp³-hybridized carbons (Fsp3) is 0.593. The lowest BCUT2D eigenvalue weighted by Crippen LogP contribution is -2.69. The smallest absolute Gasteiger partial charge is 0.287 e. The first kappa shape index (κ1) is 25.6. The number of benzene rings is 1. The minimum Gasteiger partial charge on any atom is -0.390 e. The van der Waals surface area contributed by atoms with Crippen molar-refractivity contribution in [2.75, 3.05) is 30.8 Å². The van der Waals surface area contributed by atoms with Crippen LogP contribution < -0.4 is 4.90 Å². The second-order valence-corrected chi connectivity index (χ2v) is 13.8. The third-order valence-corrected chi connectivity index (χ3v) is 10.2. The minimum atomic E-state index is -3.50. The number of hydrazine groups is 1. The monoisotopic (exact) mass is 543 g/mol. The second-order valence-electron chi connectivity index (χ2n) is 11.8. The standard InChI is InChI=1S/C27H34FN5O4S/c1-17-15-31(24-4-3-21(11-22(24)28)38(2,36)37)7-8-32(17)33(26(34)23-5-6-29-16-30-23)25-19-9-18-10-20(25)14-27(35,12-18)13-19/h3-6,11,16-20,25,35H,7-10,12-15H2,1-2H3/t17-,18?,19?,20?,25?,27?/m1/s1. The molecule has 11 heteroatoms. The van der Waals surface area contributed by atoms with Crippen molar-refractivity contribution in [2.45, 2.75) is 61.6 Å². The molecule has 3 atom stereocenters. The van der Waals surface area contributed by atoms with E-state index in [4.69, 9.17) is 0 Å². The van der Waals surface area contributed by atoms with Gasteiger partial charge in [-0.05, 0) is 81.0 Å². The largest absolute Gasteiger partial charge is 0.390 e. The maximum absolute atomic E-state index is 15.0. The van der Waals surface area contributed by atoms with Gasteiger partial charge in [0.15, 0.2) is 9.84 Å². The van der Waals surface area contributed by atoms with Crippen LogP contribution in [0.15, 0.2) is 41.7 Å². The molecule has 1 N–H and O–H groups in total. The summed E-state index contributed by atoms with van der Waals surface area (Å²) in [5, 5.41) is 15.2. The van der Waals surface area contributed by atoms with E-state index in [0.29, 0.717) is 49.8 Å². The molecule has 38 heavy (non-hydrogen) atoms. The van der Waals surface area contributed by atoms with E-state index in [1.807, 2.05) is 16.8 Å². The molecule has 1 aliphatic heterocycles. The molecule has 0 radical (unpaired) electrons. The van der Waals surface area contributed by atoms with Crippen LogP contribution >= 0.6 is 0 Å². The summed E-state index contributed by atoms with van der Waals surface area (Å²) in [7, 11) is -3.50. The number of piperazine rings is 1. The maximum atomic E-state index is 15.0.